The van der Waals surface area contributed by atoms with Crippen molar-refractivity contribution in [1.82, 2.24) is 19.4 Å². The van der Waals surface area contributed by atoms with Gasteiger partial charge in [-0.05, 0) is 64.9 Å². The lowest BCUT2D eigenvalue weighted by Crippen LogP contribution is -2.32. The molecule has 0 spiro atoms. The van der Waals surface area contributed by atoms with Gasteiger partial charge in [0.15, 0.2) is 5.65 Å². The Hall–Kier alpha value is -1.13. The first kappa shape index (κ1) is 14.8. The van der Waals surface area contributed by atoms with Gasteiger partial charge in [0.25, 0.3) is 0 Å². The van der Waals surface area contributed by atoms with Gasteiger partial charge in [-0.25, -0.2) is 9.97 Å². The van der Waals surface area contributed by atoms with E-state index in [2.05, 4.69) is 16.5 Å². The Bertz CT molecular complexity index is 626. The summed E-state index contributed by atoms with van der Waals surface area (Å²) >= 11 is 6.34. The Balaban J connectivity index is 1.95. The van der Waals surface area contributed by atoms with Crippen molar-refractivity contribution in [2.75, 3.05) is 20.1 Å². The van der Waals surface area contributed by atoms with Crippen molar-refractivity contribution in [3.05, 3.63) is 23.7 Å². The first-order valence-corrected chi connectivity index (χ1v) is 8.14. The van der Waals surface area contributed by atoms with Crippen LogP contribution >= 0.6 is 11.6 Å². The molecule has 0 radical (unpaired) electrons. The third-order valence-corrected chi connectivity index (χ3v) is 4.59. The van der Waals surface area contributed by atoms with Crippen molar-refractivity contribution in [2.45, 2.75) is 38.6 Å². The Morgan fingerprint density at radius 2 is 2.00 bits per heavy atom. The van der Waals surface area contributed by atoms with Crippen molar-refractivity contribution in [2.24, 2.45) is 5.92 Å². The number of aromatic nitrogens is 3. The van der Waals surface area contributed by atoms with Crippen molar-refractivity contribution in [3.8, 4) is 0 Å². The predicted octanol–water partition coefficient (Wildman–Crippen LogP) is 3.38. The number of fused-ring (bicyclic) bond motifs is 1. The minimum absolute atomic E-state index is 0.0919. The fourth-order valence-electron chi connectivity index (χ4n) is 3.10. The molecule has 4 nitrogen and oxygen atoms in total. The number of halogens is 1. The van der Waals surface area contributed by atoms with Crippen LogP contribution in [0.4, 0.5) is 0 Å². The van der Waals surface area contributed by atoms with E-state index in [9.17, 15) is 0 Å². The Morgan fingerprint density at radius 3 is 2.67 bits per heavy atom. The second-order valence-electron chi connectivity index (χ2n) is 6.24. The molecule has 2 aromatic rings. The van der Waals surface area contributed by atoms with Crippen LogP contribution in [-0.2, 0) is 6.54 Å². The molecule has 0 amide bonds. The molecule has 1 atom stereocenters. The van der Waals surface area contributed by atoms with Crippen LogP contribution in [0.25, 0.3) is 11.2 Å². The molecule has 5 heteroatoms. The number of rotatable bonds is 3. The molecule has 0 bridgehead atoms. The number of alkyl halides is 1. The molecular formula is C16H23ClN4. The second-order valence-corrected chi connectivity index (χ2v) is 6.89. The molecule has 0 aromatic carbocycles. The number of pyridine rings is 1. The Kier molecular flexibility index (Phi) is 4.18. The first-order chi connectivity index (χ1) is 10.0. The van der Waals surface area contributed by atoms with Gasteiger partial charge >= 0.3 is 0 Å². The van der Waals surface area contributed by atoms with Gasteiger partial charge in [-0.15, -0.1) is 11.6 Å². The SMILES string of the molecule is Cc1ccc2nc(C(C)Cl)n(CC3CCN(C)CC3)c2n1. The van der Waals surface area contributed by atoms with Crippen LogP contribution in [0.5, 0.6) is 0 Å². The minimum Gasteiger partial charge on any atom is -0.311 e. The largest absolute Gasteiger partial charge is 0.311 e. The lowest BCUT2D eigenvalue weighted by Gasteiger charge is -2.29. The number of piperidine rings is 1. The van der Waals surface area contributed by atoms with Gasteiger partial charge in [-0.3, -0.25) is 0 Å². The van der Waals surface area contributed by atoms with Crippen molar-refractivity contribution < 1.29 is 0 Å². The van der Waals surface area contributed by atoms with E-state index in [1.807, 2.05) is 26.0 Å². The van der Waals surface area contributed by atoms with E-state index >= 15 is 0 Å². The van der Waals surface area contributed by atoms with E-state index in [-0.39, 0.29) is 5.38 Å². The highest BCUT2D eigenvalue weighted by molar-refractivity contribution is 6.20. The van der Waals surface area contributed by atoms with Crippen molar-refractivity contribution in [1.29, 1.82) is 0 Å². The van der Waals surface area contributed by atoms with Crippen LogP contribution in [0.3, 0.4) is 0 Å². The van der Waals surface area contributed by atoms with E-state index in [0.717, 1.165) is 29.2 Å². The molecule has 1 saturated heterocycles. The number of hydrogen-bond donors (Lipinski definition) is 0. The molecule has 0 saturated carbocycles. The lowest BCUT2D eigenvalue weighted by molar-refractivity contribution is 0.205. The summed E-state index contributed by atoms with van der Waals surface area (Å²) in [7, 11) is 2.19. The molecule has 1 fully saturated rings. The Labute approximate surface area is 131 Å². The fraction of sp³-hybridized carbons (Fsp3) is 0.625. The van der Waals surface area contributed by atoms with Crippen LogP contribution in [0, 0.1) is 12.8 Å². The van der Waals surface area contributed by atoms with Crippen molar-refractivity contribution in [3.63, 3.8) is 0 Å². The summed E-state index contributed by atoms with van der Waals surface area (Å²) < 4.78 is 2.25. The molecule has 3 rings (SSSR count). The number of likely N-dealkylation sites (tertiary alicyclic amines) is 1. The van der Waals surface area contributed by atoms with E-state index in [1.165, 1.54) is 25.9 Å². The van der Waals surface area contributed by atoms with Gasteiger partial charge in [-0.1, -0.05) is 0 Å². The van der Waals surface area contributed by atoms with Gasteiger partial charge in [-0.2, -0.15) is 0 Å². The van der Waals surface area contributed by atoms with Crippen LogP contribution in [-0.4, -0.2) is 39.6 Å². The topological polar surface area (TPSA) is 34.0 Å². The average molecular weight is 307 g/mol. The molecule has 2 aromatic heterocycles. The maximum Gasteiger partial charge on any atom is 0.160 e. The maximum atomic E-state index is 6.34. The zero-order chi connectivity index (χ0) is 15.0. The zero-order valence-corrected chi connectivity index (χ0v) is 13.8. The molecule has 1 aliphatic heterocycles. The van der Waals surface area contributed by atoms with Gasteiger partial charge < -0.3 is 9.47 Å². The molecule has 0 N–H and O–H groups in total. The lowest BCUT2D eigenvalue weighted by atomic mass is 9.97. The van der Waals surface area contributed by atoms with Crippen LogP contribution in [0.15, 0.2) is 12.1 Å². The van der Waals surface area contributed by atoms with Crippen LogP contribution in [0.2, 0.25) is 0 Å². The molecule has 21 heavy (non-hydrogen) atoms. The van der Waals surface area contributed by atoms with E-state index < -0.39 is 0 Å². The van der Waals surface area contributed by atoms with Crippen LogP contribution < -0.4 is 0 Å². The zero-order valence-electron chi connectivity index (χ0n) is 13.0. The number of nitrogens with zero attached hydrogens (tertiary/aromatic N) is 4. The van der Waals surface area contributed by atoms with Gasteiger partial charge in [0.2, 0.25) is 0 Å². The van der Waals surface area contributed by atoms with E-state index in [4.69, 9.17) is 21.6 Å². The highest BCUT2D eigenvalue weighted by atomic mass is 35.5. The van der Waals surface area contributed by atoms with Gasteiger partial charge in [0.1, 0.15) is 11.3 Å². The van der Waals surface area contributed by atoms with Gasteiger partial charge in [0, 0.05) is 12.2 Å². The monoisotopic (exact) mass is 306 g/mol. The minimum atomic E-state index is -0.0919. The fourth-order valence-corrected chi connectivity index (χ4v) is 3.27. The normalized spacial score (nSPS) is 19.2. The third-order valence-electron chi connectivity index (χ3n) is 4.40. The third kappa shape index (κ3) is 3.06. The summed E-state index contributed by atoms with van der Waals surface area (Å²) in [6.45, 7) is 7.34. The van der Waals surface area contributed by atoms with Crippen molar-refractivity contribution >= 4 is 22.8 Å². The van der Waals surface area contributed by atoms with E-state index in [0.29, 0.717) is 5.92 Å². The molecule has 3 heterocycles. The summed E-state index contributed by atoms with van der Waals surface area (Å²) in [6.07, 6.45) is 2.47. The summed E-state index contributed by atoms with van der Waals surface area (Å²) in [4.78, 5) is 11.8. The highest BCUT2D eigenvalue weighted by Crippen LogP contribution is 2.27. The quantitative estimate of drug-likeness (QED) is 0.815. The smallest absolute Gasteiger partial charge is 0.160 e. The molecule has 114 valence electrons. The molecule has 0 aliphatic carbocycles. The maximum absolute atomic E-state index is 6.34. The first-order valence-electron chi connectivity index (χ1n) is 7.71. The summed E-state index contributed by atoms with van der Waals surface area (Å²) in [5.74, 6) is 1.64. The summed E-state index contributed by atoms with van der Waals surface area (Å²) in [5, 5.41) is -0.0919. The highest BCUT2D eigenvalue weighted by Gasteiger charge is 2.22. The standard InChI is InChI=1S/C16H23ClN4/c1-11-4-5-14-16(18-11)21(15(19-14)12(2)17)10-13-6-8-20(3)9-7-13/h4-5,12-13H,6-10H2,1-3H3. The van der Waals surface area contributed by atoms with E-state index in [1.54, 1.807) is 0 Å². The number of imidazole rings is 1. The number of hydrogen-bond acceptors (Lipinski definition) is 3. The second kappa shape index (κ2) is 5.93. The number of aryl methyl sites for hydroxylation is 1. The Morgan fingerprint density at radius 1 is 1.29 bits per heavy atom. The summed E-state index contributed by atoms with van der Waals surface area (Å²) in [5.41, 5.74) is 2.97. The average Bonchev–Trinajstić information content (AvgIpc) is 2.80. The predicted molar refractivity (Wildman–Crippen MR) is 86.8 cm³/mol. The summed E-state index contributed by atoms with van der Waals surface area (Å²) in [6, 6.07) is 4.06. The molecule has 1 unspecified atom stereocenters. The van der Waals surface area contributed by atoms with Crippen LogP contribution in [0.1, 0.15) is 36.7 Å². The molecular weight excluding hydrogens is 284 g/mol. The van der Waals surface area contributed by atoms with Gasteiger partial charge in [0.05, 0.1) is 5.38 Å². The molecule has 1 aliphatic rings.